The number of carbonyl (C=O) groups excluding carboxylic acids is 2. The normalized spacial score (nSPS) is 24.7. The second-order valence-electron chi connectivity index (χ2n) is 12.1. The molecule has 0 radical (unpaired) electrons. The first kappa shape index (κ1) is 31.6. The third-order valence-corrected chi connectivity index (χ3v) is 8.84. The number of amides is 2. The van der Waals surface area contributed by atoms with E-state index in [-0.39, 0.29) is 37.6 Å². The summed E-state index contributed by atoms with van der Waals surface area (Å²) in [5, 5.41) is 21.1. The minimum absolute atomic E-state index is 0.00400. The highest BCUT2D eigenvalue weighted by Gasteiger charge is 2.36. The SMILES string of the molecule is O=C(CCCCC(=O)Nc1cccc([C@H]2O[C@@H](CN3CCC[C@H]3CN3CCCC3)C[C@@H](c3ccc(CO)cc3)O2)c1)NO. The molecule has 4 N–H and O–H groups in total. The first-order valence-corrected chi connectivity index (χ1v) is 15.8. The van der Waals surface area contributed by atoms with Gasteiger partial charge in [-0.1, -0.05) is 36.4 Å². The molecule has 2 aromatic rings. The Morgan fingerprint density at radius 1 is 0.884 bits per heavy atom. The van der Waals surface area contributed by atoms with Crippen molar-refractivity contribution in [1.29, 1.82) is 0 Å². The number of likely N-dealkylation sites (tertiary alicyclic amines) is 2. The maximum atomic E-state index is 12.6. The summed E-state index contributed by atoms with van der Waals surface area (Å²) in [6, 6.07) is 16.1. The Bertz CT molecular complexity index is 1190. The van der Waals surface area contributed by atoms with E-state index in [1.54, 1.807) is 5.48 Å². The zero-order chi connectivity index (χ0) is 30.0. The first-order chi connectivity index (χ1) is 21.0. The lowest BCUT2D eigenvalue weighted by Gasteiger charge is -2.39. The summed E-state index contributed by atoms with van der Waals surface area (Å²) in [6.45, 7) is 5.50. The van der Waals surface area contributed by atoms with Crippen LogP contribution < -0.4 is 10.8 Å². The molecular weight excluding hydrogens is 548 g/mol. The number of hydroxylamine groups is 1. The van der Waals surface area contributed by atoms with Gasteiger partial charge in [-0.3, -0.25) is 19.7 Å². The molecule has 0 aliphatic carbocycles. The number of rotatable bonds is 13. The molecule has 3 saturated heterocycles. The third-order valence-electron chi connectivity index (χ3n) is 8.84. The van der Waals surface area contributed by atoms with Crippen molar-refractivity contribution in [3.05, 3.63) is 65.2 Å². The van der Waals surface area contributed by atoms with Gasteiger partial charge in [0.05, 0.1) is 18.8 Å². The highest BCUT2D eigenvalue weighted by Crippen LogP contribution is 2.39. The number of nitrogens with zero attached hydrogens (tertiary/aromatic N) is 2. The van der Waals surface area contributed by atoms with Gasteiger partial charge in [0.1, 0.15) is 0 Å². The maximum Gasteiger partial charge on any atom is 0.243 e. The van der Waals surface area contributed by atoms with Gasteiger partial charge in [0.2, 0.25) is 11.8 Å². The number of benzene rings is 2. The van der Waals surface area contributed by atoms with Crippen molar-refractivity contribution in [2.75, 3.05) is 38.0 Å². The fourth-order valence-electron chi connectivity index (χ4n) is 6.51. The van der Waals surface area contributed by atoms with Gasteiger partial charge >= 0.3 is 0 Å². The smallest absolute Gasteiger partial charge is 0.243 e. The zero-order valence-corrected chi connectivity index (χ0v) is 25.0. The van der Waals surface area contributed by atoms with Crippen LogP contribution in [0.3, 0.4) is 0 Å². The summed E-state index contributed by atoms with van der Waals surface area (Å²) in [5.74, 6) is -0.585. The van der Waals surface area contributed by atoms with Crippen LogP contribution in [0, 0.1) is 0 Å². The predicted molar refractivity (Wildman–Crippen MR) is 162 cm³/mol. The molecule has 3 aliphatic heterocycles. The summed E-state index contributed by atoms with van der Waals surface area (Å²) < 4.78 is 13.2. The molecule has 2 aromatic carbocycles. The Morgan fingerprint density at radius 2 is 1.65 bits per heavy atom. The van der Waals surface area contributed by atoms with Gasteiger partial charge in [-0.05, 0) is 81.4 Å². The molecule has 3 aliphatic rings. The number of anilines is 1. The highest BCUT2D eigenvalue weighted by atomic mass is 16.7. The molecule has 10 nitrogen and oxygen atoms in total. The average molecular weight is 595 g/mol. The molecule has 0 spiro atoms. The van der Waals surface area contributed by atoms with Crippen LogP contribution >= 0.6 is 0 Å². The van der Waals surface area contributed by atoms with Crippen molar-refractivity contribution in [3.63, 3.8) is 0 Å². The summed E-state index contributed by atoms with van der Waals surface area (Å²) in [4.78, 5) is 29.0. The minimum Gasteiger partial charge on any atom is -0.392 e. The van der Waals surface area contributed by atoms with Gasteiger partial charge in [-0.25, -0.2) is 5.48 Å². The molecule has 4 atom stereocenters. The van der Waals surface area contributed by atoms with E-state index in [0.717, 1.165) is 42.7 Å². The lowest BCUT2D eigenvalue weighted by Crippen LogP contribution is -2.45. The van der Waals surface area contributed by atoms with E-state index in [0.29, 0.717) is 24.6 Å². The number of aliphatic hydroxyl groups excluding tert-OH is 1. The van der Waals surface area contributed by atoms with Crippen LogP contribution in [-0.2, 0) is 25.7 Å². The molecular formula is C33H46N4O6. The lowest BCUT2D eigenvalue weighted by atomic mass is 9.99. The van der Waals surface area contributed by atoms with Crippen molar-refractivity contribution >= 4 is 17.5 Å². The number of carbonyl (C=O) groups is 2. The number of nitrogens with one attached hydrogen (secondary N) is 2. The second kappa shape index (κ2) is 15.7. The van der Waals surface area contributed by atoms with E-state index < -0.39 is 12.2 Å². The highest BCUT2D eigenvalue weighted by molar-refractivity contribution is 5.90. The predicted octanol–water partition coefficient (Wildman–Crippen LogP) is 4.29. The number of ether oxygens (including phenoxy) is 2. The van der Waals surface area contributed by atoms with Crippen LogP contribution in [0.2, 0.25) is 0 Å². The van der Waals surface area contributed by atoms with Crippen molar-refractivity contribution in [2.45, 2.75) is 88.9 Å². The largest absolute Gasteiger partial charge is 0.392 e. The first-order valence-electron chi connectivity index (χ1n) is 15.8. The second-order valence-corrected chi connectivity index (χ2v) is 12.1. The fraction of sp³-hybridized carbons (Fsp3) is 0.576. The topological polar surface area (TPSA) is 124 Å². The van der Waals surface area contributed by atoms with Crippen molar-refractivity contribution in [3.8, 4) is 0 Å². The summed E-state index contributed by atoms with van der Waals surface area (Å²) >= 11 is 0. The van der Waals surface area contributed by atoms with Crippen LogP contribution in [0.15, 0.2) is 48.5 Å². The molecule has 2 amide bonds. The van der Waals surface area contributed by atoms with E-state index in [1.807, 2.05) is 48.5 Å². The van der Waals surface area contributed by atoms with Gasteiger partial charge < -0.3 is 24.8 Å². The van der Waals surface area contributed by atoms with Crippen molar-refractivity contribution in [1.82, 2.24) is 15.3 Å². The van der Waals surface area contributed by atoms with E-state index in [1.165, 1.54) is 38.8 Å². The Kier molecular flexibility index (Phi) is 11.6. The standard InChI is InChI=1S/C33H46N4O6/c38-23-24-12-14-25(15-13-24)30-20-29(22-37-18-6-9-28(37)21-36-16-3-4-17-36)42-33(43-30)26-7-5-8-27(19-26)34-31(39)10-1-2-11-32(40)35-41/h5,7-8,12-15,19,28-30,33,38,41H,1-4,6,9-11,16-18,20-23H2,(H,34,39)(H,35,40)/t28-,29+,30-,33-/m0/s1. The molecule has 0 unspecified atom stereocenters. The van der Waals surface area contributed by atoms with Crippen LogP contribution in [0.4, 0.5) is 5.69 Å². The van der Waals surface area contributed by atoms with Crippen LogP contribution in [0.1, 0.15) is 86.9 Å². The maximum absolute atomic E-state index is 12.6. The molecule has 234 valence electrons. The van der Waals surface area contributed by atoms with Crippen molar-refractivity contribution < 1.29 is 29.4 Å². The van der Waals surface area contributed by atoms with Crippen LogP contribution in [0.25, 0.3) is 0 Å². The lowest BCUT2D eigenvalue weighted by molar-refractivity contribution is -0.253. The van der Waals surface area contributed by atoms with E-state index >= 15 is 0 Å². The molecule has 3 fully saturated rings. The van der Waals surface area contributed by atoms with Gasteiger partial charge in [0.25, 0.3) is 0 Å². The van der Waals surface area contributed by atoms with Crippen LogP contribution in [0.5, 0.6) is 0 Å². The summed E-state index contributed by atoms with van der Waals surface area (Å²) in [5.41, 5.74) is 5.04. The summed E-state index contributed by atoms with van der Waals surface area (Å²) in [7, 11) is 0. The third kappa shape index (κ3) is 9.07. The quantitative estimate of drug-likeness (QED) is 0.154. The number of hydrogen-bond acceptors (Lipinski definition) is 8. The van der Waals surface area contributed by atoms with Gasteiger partial charge in [-0.15, -0.1) is 0 Å². The number of aliphatic hydroxyl groups is 1. The number of hydrogen-bond donors (Lipinski definition) is 4. The minimum atomic E-state index is -0.588. The monoisotopic (exact) mass is 594 g/mol. The van der Waals surface area contributed by atoms with E-state index in [2.05, 4.69) is 15.1 Å². The average Bonchev–Trinajstić information content (AvgIpc) is 3.71. The van der Waals surface area contributed by atoms with Gasteiger partial charge in [0, 0.05) is 49.6 Å². The summed E-state index contributed by atoms with van der Waals surface area (Å²) in [6.07, 6.45) is 6.54. The Balaban J connectivity index is 1.25. The van der Waals surface area contributed by atoms with Crippen LogP contribution in [-0.4, -0.2) is 76.8 Å². The molecule has 0 saturated carbocycles. The Hall–Kier alpha value is -2.86. The van der Waals surface area contributed by atoms with Crippen molar-refractivity contribution in [2.24, 2.45) is 0 Å². The Labute approximate surface area is 254 Å². The fourth-order valence-corrected chi connectivity index (χ4v) is 6.51. The van der Waals surface area contributed by atoms with E-state index in [9.17, 15) is 14.7 Å². The van der Waals surface area contributed by atoms with Gasteiger partial charge in [-0.2, -0.15) is 0 Å². The molecule has 43 heavy (non-hydrogen) atoms. The van der Waals surface area contributed by atoms with Gasteiger partial charge in [0.15, 0.2) is 6.29 Å². The number of unbranched alkanes of at least 4 members (excludes halogenated alkanes) is 1. The Morgan fingerprint density at radius 3 is 2.40 bits per heavy atom. The molecule has 10 heteroatoms. The molecule has 5 rings (SSSR count). The van der Waals surface area contributed by atoms with E-state index in [4.69, 9.17) is 14.7 Å². The molecule has 0 aromatic heterocycles. The molecule has 0 bridgehead atoms. The molecule has 3 heterocycles. The zero-order valence-electron chi connectivity index (χ0n) is 25.0.